The third-order valence-electron chi connectivity index (χ3n) is 9.01. The van der Waals surface area contributed by atoms with Crippen molar-refractivity contribution in [2.75, 3.05) is 64.0 Å². The van der Waals surface area contributed by atoms with Gasteiger partial charge in [-0.05, 0) is 47.0 Å². The van der Waals surface area contributed by atoms with Gasteiger partial charge in [0.2, 0.25) is 0 Å². The van der Waals surface area contributed by atoms with Gasteiger partial charge in [0.25, 0.3) is 6.43 Å². The molecule has 1 aliphatic carbocycles. The van der Waals surface area contributed by atoms with Crippen molar-refractivity contribution in [3.05, 3.63) is 11.8 Å². The summed E-state index contributed by atoms with van der Waals surface area (Å²) in [6.45, 7) is 14.5. The fourth-order valence-electron chi connectivity index (χ4n) is 6.37. The molecule has 1 spiro atoms. The highest BCUT2D eigenvalue weighted by atomic mass is 19.3. The molecule has 0 bridgehead atoms. The van der Waals surface area contributed by atoms with Crippen molar-refractivity contribution < 1.29 is 27.8 Å². The number of amides is 1. The van der Waals surface area contributed by atoms with Crippen LogP contribution in [0.2, 0.25) is 0 Å². The van der Waals surface area contributed by atoms with Gasteiger partial charge in [-0.3, -0.25) is 9.58 Å². The summed E-state index contributed by atoms with van der Waals surface area (Å²) in [5.41, 5.74) is -0.707. The van der Waals surface area contributed by atoms with E-state index in [-0.39, 0.29) is 30.2 Å². The maximum atomic E-state index is 14.5. The summed E-state index contributed by atoms with van der Waals surface area (Å²) < 4.78 is 47.9. The van der Waals surface area contributed by atoms with Crippen molar-refractivity contribution in [2.24, 2.45) is 5.41 Å². The molecule has 1 amide bonds. The Hall–Kier alpha value is -1.98. The zero-order valence-corrected chi connectivity index (χ0v) is 23.4. The van der Waals surface area contributed by atoms with E-state index in [9.17, 15) is 13.6 Å². The molecular formula is C27H43F2N5O4. The number of halogens is 2. The second kappa shape index (κ2) is 10.2. The molecule has 3 aliphatic heterocycles. The summed E-state index contributed by atoms with van der Waals surface area (Å²) in [4.78, 5) is 18.1. The number of aromatic nitrogens is 2. The number of piperazine rings is 1. The Morgan fingerprint density at radius 2 is 1.97 bits per heavy atom. The molecule has 2 atom stereocenters. The fourth-order valence-corrected chi connectivity index (χ4v) is 6.37. The molecule has 214 valence electrons. The van der Waals surface area contributed by atoms with Crippen LogP contribution in [-0.4, -0.2) is 108 Å². The van der Waals surface area contributed by atoms with Gasteiger partial charge in [0.05, 0.1) is 32.0 Å². The van der Waals surface area contributed by atoms with Crippen molar-refractivity contribution >= 4 is 11.9 Å². The zero-order chi connectivity index (χ0) is 27.3. The molecular weight excluding hydrogens is 496 g/mol. The largest absolute Gasteiger partial charge is 0.443 e. The first kappa shape index (κ1) is 27.6. The van der Waals surface area contributed by atoms with Gasteiger partial charge in [-0.1, -0.05) is 6.92 Å². The van der Waals surface area contributed by atoms with Crippen molar-refractivity contribution in [3.63, 3.8) is 0 Å². The number of alkyl halides is 2. The summed E-state index contributed by atoms with van der Waals surface area (Å²) >= 11 is 0. The Kier molecular flexibility index (Phi) is 7.41. The van der Waals surface area contributed by atoms with E-state index in [1.54, 1.807) is 16.7 Å². The van der Waals surface area contributed by atoms with Crippen LogP contribution < -0.4 is 4.90 Å². The highest BCUT2D eigenvalue weighted by Crippen LogP contribution is 2.54. The molecule has 4 aliphatic rings. The summed E-state index contributed by atoms with van der Waals surface area (Å²) in [6, 6.07) is 2.16. The average Bonchev–Trinajstić information content (AvgIpc) is 3.18. The number of rotatable bonds is 7. The second-order valence-corrected chi connectivity index (χ2v) is 12.6. The van der Waals surface area contributed by atoms with Gasteiger partial charge < -0.3 is 24.0 Å². The maximum absolute atomic E-state index is 14.5. The SMILES string of the molecule is CCC(C)(C)OC(=O)N1CC2(CC(n3nc(N4CCN(C[C@@H]5COCCO5)C[C@@]4(C)C(F)F)cc3C)C2)C1. The van der Waals surface area contributed by atoms with Crippen LogP contribution in [0.25, 0.3) is 0 Å². The maximum Gasteiger partial charge on any atom is 0.410 e. The van der Waals surface area contributed by atoms with E-state index in [0.717, 1.165) is 25.0 Å². The first-order valence-electron chi connectivity index (χ1n) is 14.0. The lowest BCUT2D eigenvalue weighted by Crippen LogP contribution is -2.65. The predicted molar refractivity (Wildman–Crippen MR) is 139 cm³/mol. The fraction of sp³-hybridized carbons (Fsp3) is 0.852. The van der Waals surface area contributed by atoms with Gasteiger partial charge in [-0.15, -0.1) is 0 Å². The van der Waals surface area contributed by atoms with E-state index in [1.165, 1.54) is 0 Å². The van der Waals surface area contributed by atoms with Gasteiger partial charge in [0, 0.05) is 56.4 Å². The molecule has 0 N–H and O–H groups in total. The molecule has 1 saturated carbocycles. The van der Waals surface area contributed by atoms with E-state index in [2.05, 4.69) is 4.90 Å². The topological polar surface area (TPSA) is 72.3 Å². The van der Waals surface area contributed by atoms with Crippen LogP contribution in [0, 0.1) is 12.3 Å². The molecule has 1 aromatic heterocycles. The van der Waals surface area contributed by atoms with Crippen molar-refractivity contribution in [2.45, 2.75) is 83.6 Å². The number of anilines is 1. The average molecular weight is 540 g/mol. The van der Waals surface area contributed by atoms with E-state index < -0.39 is 17.6 Å². The summed E-state index contributed by atoms with van der Waals surface area (Å²) in [6.07, 6.45) is -0.212. The molecule has 4 fully saturated rings. The zero-order valence-electron chi connectivity index (χ0n) is 23.4. The molecule has 4 heterocycles. The van der Waals surface area contributed by atoms with Gasteiger partial charge in [-0.25, -0.2) is 13.6 Å². The third-order valence-corrected chi connectivity index (χ3v) is 9.01. The number of aryl methyl sites for hydroxylation is 1. The van der Waals surface area contributed by atoms with E-state index in [4.69, 9.17) is 19.3 Å². The number of carbonyl (C=O) groups is 1. The van der Waals surface area contributed by atoms with Crippen LogP contribution in [0.15, 0.2) is 6.07 Å². The highest BCUT2D eigenvalue weighted by molar-refractivity contribution is 5.69. The molecule has 0 radical (unpaired) electrons. The lowest BCUT2D eigenvalue weighted by molar-refractivity contribution is -0.102. The highest BCUT2D eigenvalue weighted by Gasteiger charge is 2.55. The minimum atomic E-state index is -2.52. The molecule has 1 aromatic rings. The number of hydrogen-bond acceptors (Lipinski definition) is 7. The second-order valence-electron chi connectivity index (χ2n) is 12.6. The minimum Gasteiger partial charge on any atom is -0.443 e. The Bertz CT molecular complexity index is 1000. The van der Waals surface area contributed by atoms with E-state index in [0.29, 0.717) is 58.4 Å². The standard InChI is InChI=1S/C27H43F2N5O4/c1-6-25(3,4)38-24(35)32-17-27(18-32)12-20(13-27)34-19(2)11-22(30-34)33-8-7-31(16-26(33,5)23(28)29)14-21-15-36-9-10-37-21/h11,20-21,23H,6-10,12-18H2,1-5H3/t21-,26+/m1/s1. The predicted octanol–water partition coefficient (Wildman–Crippen LogP) is 3.71. The Balaban J connectivity index is 1.19. The van der Waals surface area contributed by atoms with Crippen LogP contribution in [0.3, 0.4) is 0 Å². The first-order chi connectivity index (χ1) is 17.9. The molecule has 38 heavy (non-hydrogen) atoms. The van der Waals surface area contributed by atoms with Gasteiger partial charge in [0.1, 0.15) is 11.1 Å². The Morgan fingerprint density at radius 3 is 2.61 bits per heavy atom. The number of nitrogens with zero attached hydrogens (tertiary/aromatic N) is 5. The van der Waals surface area contributed by atoms with Crippen molar-refractivity contribution in [1.82, 2.24) is 19.6 Å². The molecule has 3 saturated heterocycles. The van der Waals surface area contributed by atoms with Gasteiger partial charge in [0.15, 0.2) is 5.82 Å². The summed E-state index contributed by atoms with van der Waals surface area (Å²) in [5.74, 6) is 0.615. The minimum absolute atomic E-state index is 0.0768. The molecule has 9 nitrogen and oxygen atoms in total. The number of likely N-dealkylation sites (tertiary alicyclic amines) is 1. The van der Waals surface area contributed by atoms with Crippen LogP contribution in [-0.2, 0) is 14.2 Å². The van der Waals surface area contributed by atoms with Crippen molar-refractivity contribution in [1.29, 1.82) is 0 Å². The first-order valence-corrected chi connectivity index (χ1v) is 14.0. The molecule has 0 aromatic carbocycles. The summed E-state index contributed by atoms with van der Waals surface area (Å²) in [5, 5.41) is 4.85. The monoisotopic (exact) mass is 539 g/mol. The van der Waals surface area contributed by atoms with Crippen LogP contribution in [0.5, 0.6) is 0 Å². The quantitative estimate of drug-likeness (QED) is 0.523. The Labute approximate surface area is 224 Å². The smallest absolute Gasteiger partial charge is 0.410 e. The summed E-state index contributed by atoms with van der Waals surface area (Å²) in [7, 11) is 0. The van der Waals surface area contributed by atoms with Gasteiger partial charge >= 0.3 is 6.09 Å². The normalized spacial score (nSPS) is 28.5. The number of hydrogen-bond donors (Lipinski definition) is 0. The Morgan fingerprint density at radius 1 is 1.24 bits per heavy atom. The van der Waals surface area contributed by atoms with E-state index in [1.807, 2.05) is 38.4 Å². The van der Waals surface area contributed by atoms with Crippen LogP contribution in [0.4, 0.5) is 19.4 Å². The molecule has 0 unspecified atom stereocenters. The lowest BCUT2D eigenvalue weighted by atomic mass is 9.61. The van der Waals surface area contributed by atoms with E-state index >= 15 is 0 Å². The number of ether oxygens (including phenoxy) is 3. The third kappa shape index (κ3) is 5.25. The van der Waals surface area contributed by atoms with Gasteiger partial charge in [-0.2, -0.15) is 5.10 Å². The van der Waals surface area contributed by atoms with Crippen LogP contribution >= 0.6 is 0 Å². The van der Waals surface area contributed by atoms with Crippen molar-refractivity contribution in [3.8, 4) is 0 Å². The molecule has 11 heteroatoms. The molecule has 5 rings (SSSR count). The van der Waals surface area contributed by atoms with Crippen LogP contribution in [0.1, 0.15) is 58.7 Å². The number of carbonyl (C=O) groups excluding carboxylic acids is 1. The lowest BCUT2D eigenvalue weighted by Gasteiger charge is -2.58.